The van der Waals surface area contributed by atoms with Gasteiger partial charge in [-0.25, -0.2) is 0 Å². The Kier molecular flexibility index (Phi) is 1.06. The third-order valence-electron chi connectivity index (χ3n) is 2.81. The quantitative estimate of drug-likeness (QED) is 0.720. The maximum absolute atomic E-state index is 5.98. The summed E-state index contributed by atoms with van der Waals surface area (Å²) < 4.78 is 5.23. The first kappa shape index (κ1) is 6.66. The van der Waals surface area contributed by atoms with Crippen LogP contribution in [0, 0.1) is 0 Å². The van der Waals surface area contributed by atoms with Crippen molar-refractivity contribution in [1.82, 2.24) is 5.16 Å². The van der Waals surface area contributed by atoms with E-state index in [9.17, 15) is 0 Å². The molecular formula is C9H12N2O. The molecule has 0 aliphatic heterocycles. The van der Waals surface area contributed by atoms with Crippen molar-refractivity contribution in [2.24, 2.45) is 5.73 Å². The van der Waals surface area contributed by atoms with Crippen LogP contribution in [-0.2, 0) is 5.54 Å². The van der Waals surface area contributed by atoms with Crippen LogP contribution in [0.5, 0.6) is 0 Å². The van der Waals surface area contributed by atoms with Crippen LogP contribution < -0.4 is 5.73 Å². The minimum absolute atomic E-state index is 0.128. The van der Waals surface area contributed by atoms with Crippen LogP contribution >= 0.6 is 0 Å². The SMILES string of the molecule is NC1(c2cc(C3CC3)on2)CC1. The molecule has 0 bridgehead atoms. The number of hydrogen-bond donors (Lipinski definition) is 1. The van der Waals surface area contributed by atoms with Crippen molar-refractivity contribution in [3.05, 3.63) is 17.5 Å². The van der Waals surface area contributed by atoms with Crippen LogP contribution in [-0.4, -0.2) is 5.16 Å². The predicted octanol–water partition coefficient (Wildman–Crippen LogP) is 1.50. The lowest BCUT2D eigenvalue weighted by Gasteiger charge is -1.99. The highest BCUT2D eigenvalue weighted by Gasteiger charge is 2.43. The van der Waals surface area contributed by atoms with Gasteiger partial charge in [-0.15, -0.1) is 0 Å². The summed E-state index contributed by atoms with van der Waals surface area (Å²) in [6, 6.07) is 2.05. The van der Waals surface area contributed by atoms with Gasteiger partial charge in [0.2, 0.25) is 0 Å². The lowest BCUT2D eigenvalue weighted by molar-refractivity contribution is 0.372. The van der Waals surface area contributed by atoms with Gasteiger partial charge in [0.25, 0.3) is 0 Å². The number of hydrogen-bond acceptors (Lipinski definition) is 3. The Labute approximate surface area is 70.9 Å². The second-order valence-electron chi connectivity index (χ2n) is 4.04. The maximum atomic E-state index is 5.98. The number of rotatable bonds is 2. The molecule has 3 rings (SSSR count). The average molecular weight is 164 g/mol. The molecule has 0 atom stereocenters. The minimum atomic E-state index is -0.128. The standard InChI is InChI=1S/C9H12N2O/c10-9(3-4-9)8-5-7(12-11-8)6-1-2-6/h5-6H,1-4,10H2. The van der Waals surface area contributed by atoms with Crippen molar-refractivity contribution in [2.75, 3.05) is 0 Å². The summed E-state index contributed by atoms with van der Waals surface area (Å²) >= 11 is 0. The second kappa shape index (κ2) is 1.91. The van der Waals surface area contributed by atoms with E-state index in [0.29, 0.717) is 5.92 Å². The van der Waals surface area contributed by atoms with Crippen molar-refractivity contribution >= 4 is 0 Å². The largest absolute Gasteiger partial charge is 0.361 e. The van der Waals surface area contributed by atoms with Gasteiger partial charge in [-0.1, -0.05) is 5.16 Å². The van der Waals surface area contributed by atoms with Gasteiger partial charge in [0.15, 0.2) is 0 Å². The van der Waals surface area contributed by atoms with Crippen molar-refractivity contribution in [2.45, 2.75) is 37.1 Å². The Morgan fingerprint density at radius 2 is 2.25 bits per heavy atom. The molecule has 0 unspecified atom stereocenters. The summed E-state index contributed by atoms with van der Waals surface area (Å²) in [6.07, 6.45) is 4.63. The zero-order valence-corrected chi connectivity index (χ0v) is 6.92. The lowest BCUT2D eigenvalue weighted by Crippen LogP contribution is -2.18. The number of nitrogens with zero attached hydrogens (tertiary/aromatic N) is 1. The Morgan fingerprint density at radius 3 is 2.83 bits per heavy atom. The molecule has 0 radical (unpaired) electrons. The van der Waals surface area contributed by atoms with E-state index in [1.54, 1.807) is 0 Å². The van der Waals surface area contributed by atoms with Crippen LogP contribution in [0.4, 0.5) is 0 Å². The Bertz CT molecular complexity index is 310. The van der Waals surface area contributed by atoms with E-state index < -0.39 is 0 Å². The number of aromatic nitrogens is 1. The average Bonchev–Trinajstić information content (AvgIpc) is 2.97. The van der Waals surface area contributed by atoms with E-state index in [2.05, 4.69) is 5.16 Å². The molecule has 2 fully saturated rings. The third-order valence-corrected chi connectivity index (χ3v) is 2.81. The van der Waals surface area contributed by atoms with Gasteiger partial charge in [0, 0.05) is 12.0 Å². The van der Waals surface area contributed by atoms with E-state index in [0.717, 1.165) is 24.3 Å². The minimum Gasteiger partial charge on any atom is -0.361 e. The van der Waals surface area contributed by atoms with Gasteiger partial charge >= 0.3 is 0 Å². The van der Waals surface area contributed by atoms with E-state index in [1.807, 2.05) is 6.07 Å². The first-order valence-corrected chi connectivity index (χ1v) is 4.54. The molecular weight excluding hydrogens is 152 g/mol. The molecule has 2 aliphatic rings. The van der Waals surface area contributed by atoms with Gasteiger partial charge in [-0.3, -0.25) is 0 Å². The molecule has 1 aromatic heterocycles. The highest BCUT2D eigenvalue weighted by Crippen LogP contribution is 2.45. The first-order chi connectivity index (χ1) is 5.78. The van der Waals surface area contributed by atoms with Crippen LogP contribution in [0.3, 0.4) is 0 Å². The highest BCUT2D eigenvalue weighted by molar-refractivity contribution is 5.24. The molecule has 0 amide bonds. The zero-order valence-electron chi connectivity index (χ0n) is 6.92. The highest BCUT2D eigenvalue weighted by atomic mass is 16.5. The van der Waals surface area contributed by atoms with Crippen molar-refractivity contribution < 1.29 is 4.52 Å². The summed E-state index contributed by atoms with van der Waals surface area (Å²) in [4.78, 5) is 0. The van der Waals surface area contributed by atoms with Gasteiger partial charge in [-0.2, -0.15) is 0 Å². The van der Waals surface area contributed by atoms with Gasteiger partial charge in [-0.05, 0) is 25.7 Å². The topological polar surface area (TPSA) is 52.0 Å². The molecule has 0 saturated heterocycles. The summed E-state index contributed by atoms with van der Waals surface area (Å²) in [5.41, 5.74) is 6.81. The summed E-state index contributed by atoms with van der Waals surface area (Å²) in [5.74, 6) is 1.69. The van der Waals surface area contributed by atoms with Crippen LogP contribution in [0.15, 0.2) is 10.6 Å². The van der Waals surface area contributed by atoms with E-state index in [-0.39, 0.29) is 5.54 Å². The fourth-order valence-corrected chi connectivity index (χ4v) is 1.48. The molecule has 3 nitrogen and oxygen atoms in total. The lowest BCUT2D eigenvalue weighted by atomic mass is 10.2. The van der Waals surface area contributed by atoms with Crippen LogP contribution in [0.2, 0.25) is 0 Å². The Hall–Kier alpha value is -0.830. The molecule has 3 heteroatoms. The molecule has 2 saturated carbocycles. The maximum Gasteiger partial charge on any atom is 0.140 e. The van der Waals surface area contributed by atoms with Crippen molar-refractivity contribution in [3.8, 4) is 0 Å². The van der Waals surface area contributed by atoms with E-state index in [4.69, 9.17) is 10.3 Å². The number of nitrogens with two attached hydrogens (primary N) is 1. The smallest absolute Gasteiger partial charge is 0.140 e. The molecule has 2 N–H and O–H groups in total. The summed E-state index contributed by atoms with van der Waals surface area (Å²) in [5, 5.41) is 4.01. The van der Waals surface area contributed by atoms with Gasteiger partial charge in [0.1, 0.15) is 11.5 Å². The van der Waals surface area contributed by atoms with Crippen LogP contribution in [0.25, 0.3) is 0 Å². The monoisotopic (exact) mass is 164 g/mol. The van der Waals surface area contributed by atoms with E-state index >= 15 is 0 Å². The van der Waals surface area contributed by atoms with Gasteiger partial charge in [0.05, 0.1) is 5.54 Å². The molecule has 12 heavy (non-hydrogen) atoms. The van der Waals surface area contributed by atoms with Gasteiger partial charge < -0.3 is 10.3 Å². The molecule has 2 aliphatic carbocycles. The fraction of sp³-hybridized carbons (Fsp3) is 0.667. The van der Waals surface area contributed by atoms with Crippen molar-refractivity contribution in [1.29, 1.82) is 0 Å². The molecule has 1 heterocycles. The van der Waals surface area contributed by atoms with E-state index in [1.165, 1.54) is 12.8 Å². The molecule has 1 aromatic rings. The summed E-state index contributed by atoms with van der Waals surface area (Å²) in [7, 11) is 0. The first-order valence-electron chi connectivity index (χ1n) is 4.54. The molecule has 64 valence electrons. The molecule has 0 aromatic carbocycles. The summed E-state index contributed by atoms with van der Waals surface area (Å²) in [6.45, 7) is 0. The fourth-order valence-electron chi connectivity index (χ4n) is 1.48. The Morgan fingerprint density at radius 1 is 1.50 bits per heavy atom. The zero-order chi connectivity index (χ0) is 8.18. The molecule has 0 spiro atoms. The third kappa shape index (κ3) is 0.894. The second-order valence-corrected chi connectivity index (χ2v) is 4.04. The van der Waals surface area contributed by atoms with Crippen molar-refractivity contribution in [3.63, 3.8) is 0 Å². The Balaban J connectivity index is 1.91. The van der Waals surface area contributed by atoms with Crippen LogP contribution in [0.1, 0.15) is 43.1 Å². The normalized spacial score (nSPS) is 25.8. The predicted molar refractivity (Wildman–Crippen MR) is 43.6 cm³/mol.